The number of fused-ring (bicyclic) bond motifs is 1. The minimum atomic E-state index is 0.185. The van der Waals surface area contributed by atoms with Crippen molar-refractivity contribution in [1.82, 2.24) is 19.7 Å². The summed E-state index contributed by atoms with van der Waals surface area (Å²) in [5, 5.41) is 8.67. The molecular weight excluding hydrogens is 286 g/mol. The second-order valence-corrected chi connectivity index (χ2v) is 5.06. The number of halogens is 1. The van der Waals surface area contributed by atoms with Gasteiger partial charge in [0.05, 0.1) is 17.3 Å². The van der Waals surface area contributed by atoms with Crippen LogP contribution in [-0.2, 0) is 0 Å². The third-order valence-corrected chi connectivity index (χ3v) is 3.76. The fourth-order valence-corrected chi connectivity index (χ4v) is 2.46. The number of alkyl halides is 1. The van der Waals surface area contributed by atoms with Gasteiger partial charge in [-0.25, -0.2) is 14.6 Å². The molecule has 1 unspecified atom stereocenters. The first-order chi connectivity index (χ1) is 10.3. The Bertz CT molecular complexity index is 721. The average Bonchev–Trinajstić information content (AvgIpc) is 2.98. The minimum absolute atomic E-state index is 0.185. The average molecular weight is 302 g/mol. The van der Waals surface area contributed by atoms with Crippen molar-refractivity contribution in [2.24, 2.45) is 0 Å². The summed E-state index contributed by atoms with van der Waals surface area (Å²) in [7, 11) is 0. The van der Waals surface area contributed by atoms with Crippen LogP contribution in [0.25, 0.3) is 16.7 Å². The zero-order valence-electron chi connectivity index (χ0n) is 11.7. The van der Waals surface area contributed by atoms with Gasteiger partial charge < -0.3 is 5.32 Å². The largest absolute Gasteiger partial charge is 0.365 e. The Balaban J connectivity index is 2.04. The molecule has 2 heterocycles. The number of aromatic nitrogens is 4. The normalized spacial score (nSPS) is 12.5. The number of rotatable bonds is 5. The fourth-order valence-electron chi connectivity index (χ4n) is 2.16. The molecule has 3 rings (SSSR count). The highest BCUT2D eigenvalue weighted by Crippen LogP contribution is 2.22. The molecule has 0 radical (unpaired) electrons. The quantitative estimate of drug-likeness (QED) is 0.735. The van der Waals surface area contributed by atoms with Crippen molar-refractivity contribution >= 4 is 28.5 Å². The molecule has 1 N–H and O–H groups in total. The van der Waals surface area contributed by atoms with E-state index in [1.165, 1.54) is 0 Å². The van der Waals surface area contributed by atoms with Gasteiger partial charge >= 0.3 is 0 Å². The predicted molar refractivity (Wildman–Crippen MR) is 85.1 cm³/mol. The molecule has 0 aliphatic carbocycles. The monoisotopic (exact) mass is 301 g/mol. The Morgan fingerprint density at radius 1 is 1.24 bits per heavy atom. The maximum absolute atomic E-state index is 5.94. The van der Waals surface area contributed by atoms with Gasteiger partial charge in [0.2, 0.25) is 0 Å². The van der Waals surface area contributed by atoms with Gasteiger partial charge in [0.15, 0.2) is 5.65 Å². The highest BCUT2D eigenvalue weighted by atomic mass is 35.5. The number of nitrogens with zero attached hydrogens (tertiary/aromatic N) is 4. The lowest BCUT2D eigenvalue weighted by Crippen LogP contribution is -2.20. The first-order valence-electron chi connectivity index (χ1n) is 6.90. The highest BCUT2D eigenvalue weighted by molar-refractivity contribution is 6.18. The second-order valence-electron chi connectivity index (χ2n) is 4.76. The van der Waals surface area contributed by atoms with E-state index in [9.17, 15) is 0 Å². The molecule has 1 aromatic carbocycles. The van der Waals surface area contributed by atoms with E-state index in [1.54, 1.807) is 12.5 Å². The summed E-state index contributed by atoms with van der Waals surface area (Å²) in [6, 6.07) is 10.1. The van der Waals surface area contributed by atoms with E-state index in [-0.39, 0.29) is 6.04 Å². The van der Waals surface area contributed by atoms with Gasteiger partial charge in [-0.05, 0) is 18.6 Å². The van der Waals surface area contributed by atoms with Crippen LogP contribution in [0.15, 0.2) is 42.9 Å². The molecule has 0 fully saturated rings. The fraction of sp³-hybridized carbons (Fsp3) is 0.267. The Labute approximate surface area is 128 Å². The Kier molecular flexibility index (Phi) is 4.01. The lowest BCUT2D eigenvalue weighted by molar-refractivity contribution is 0.766. The molecule has 0 aliphatic rings. The number of nitrogens with one attached hydrogen (secondary N) is 1. The van der Waals surface area contributed by atoms with Gasteiger partial charge in [0, 0.05) is 11.9 Å². The van der Waals surface area contributed by atoms with Crippen molar-refractivity contribution < 1.29 is 0 Å². The van der Waals surface area contributed by atoms with Gasteiger partial charge in [-0.2, -0.15) is 5.10 Å². The standard InChI is InChI=1S/C15H16ClN5/c1-2-11(8-16)20-14-13-9-19-21(15(13)18-10-17-14)12-6-4-3-5-7-12/h3-7,9-11H,2,8H2,1H3,(H,17,18,20). The number of benzene rings is 1. The molecule has 0 saturated heterocycles. The van der Waals surface area contributed by atoms with Crippen molar-refractivity contribution in [2.45, 2.75) is 19.4 Å². The van der Waals surface area contributed by atoms with Crippen LogP contribution in [-0.4, -0.2) is 31.7 Å². The SMILES string of the molecule is CCC(CCl)Nc1ncnc2c1cnn2-c1ccccc1. The molecule has 2 aromatic heterocycles. The molecule has 0 amide bonds. The van der Waals surface area contributed by atoms with E-state index in [0.29, 0.717) is 5.88 Å². The smallest absolute Gasteiger partial charge is 0.168 e. The van der Waals surface area contributed by atoms with Crippen LogP contribution in [0.4, 0.5) is 5.82 Å². The van der Waals surface area contributed by atoms with Crippen LogP contribution < -0.4 is 5.32 Å². The van der Waals surface area contributed by atoms with E-state index in [1.807, 2.05) is 35.0 Å². The molecule has 5 nitrogen and oxygen atoms in total. The van der Waals surface area contributed by atoms with Crippen LogP contribution in [0.3, 0.4) is 0 Å². The minimum Gasteiger partial charge on any atom is -0.365 e. The van der Waals surface area contributed by atoms with Crippen molar-refractivity contribution in [1.29, 1.82) is 0 Å². The summed E-state index contributed by atoms with van der Waals surface area (Å²) >= 11 is 5.94. The molecule has 3 aromatic rings. The van der Waals surface area contributed by atoms with Gasteiger partial charge in [0.1, 0.15) is 12.1 Å². The number of hydrogen-bond donors (Lipinski definition) is 1. The number of anilines is 1. The number of para-hydroxylation sites is 1. The van der Waals surface area contributed by atoms with E-state index < -0.39 is 0 Å². The van der Waals surface area contributed by atoms with Gasteiger partial charge in [-0.15, -0.1) is 11.6 Å². The maximum atomic E-state index is 5.94. The van der Waals surface area contributed by atoms with E-state index in [4.69, 9.17) is 11.6 Å². The summed E-state index contributed by atoms with van der Waals surface area (Å²) in [5.41, 5.74) is 1.75. The predicted octanol–water partition coefficient (Wildman–Crippen LogP) is 3.24. The molecule has 21 heavy (non-hydrogen) atoms. The lowest BCUT2D eigenvalue weighted by Gasteiger charge is -2.14. The van der Waals surface area contributed by atoms with Crippen molar-refractivity contribution in [3.05, 3.63) is 42.9 Å². The van der Waals surface area contributed by atoms with E-state index >= 15 is 0 Å². The van der Waals surface area contributed by atoms with Gasteiger partial charge in [-0.3, -0.25) is 0 Å². The van der Waals surface area contributed by atoms with Crippen LogP contribution in [0.2, 0.25) is 0 Å². The third kappa shape index (κ3) is 2.69. The first-order valence-corrected chi connectivity index (χ1v) is 7.43. The zero-order valence-corrected chi connectivity index (χ0v) is 12.5. The zero-order chi connectivity index (χ0) is 14.7. The van der Waals surface area contributed by atoms with Crippen molar-refractivity contribution in [3.8, 4) is 5.69 Å². The van der Waals surface area contributed by atoms with Gasteiger partial charge in [0.25, 0.3) is 0 Å². The molecule has 0 aliphatic heterocycles. The van der Waals surface area contributed by atoms with Crippen molar-refractivity contribution in [3.63, 3.8) is 0 Å². The molecular formula is C15H16ClN5. The molecule has 0 spiro atoms. The molecule has 108 valence electrons. The summed E-state index contributed by atoms with van der Waals surface area (Å²) < 4.78 is 1.81. The third-order valence-electron chi connectivity index (χ3n) is 3.39. The Hall–Kier alpha value is -2.14. The number of hydrogen-bond acceptors (Lipinski definition) is 4. The van der Waals surface area contributed by atoms with Crippen LogP contribution >= 0.6 is 11.6 Å². The van der Waals surface area contributed by atoms with Crippen LogP contribution in [0.1, 0.15) is 13.3 Å². The van der Waals surface area contributed by atoms with E-state index in [0.717, 1.165) is 29.0 Å². The molecule has 1 atom stereocenters. The van der Waals surface area contributed by atoms with Crippen LogP contribution in [0, 0.1) is 0 Å². The summed E-state index contributed by atoms with van der Waals surface area (Å²) in [6.07, 6.45) is 4.26. The topological polar surface area (TPSA) is 55.6 Å². The Morgan fingerprint density at radius 3 is 2.76 bits per heavy atom. The van der Waals surface area contributed by atoms with Crippen molar-refractivity contribution in [2.75, 3.05) is 11.2 Å². The van der Waals surface area contributed by atoms with E-state index in [2.05, 4.69) is 27.3 Å². The molecule has 0 saturated carbocycles. The van der Waals surface area contributed by atoms with Crippen LogP contribution in [0.5, 0.6) is 0 Å². The van der Waals surface area contributed by atoms with Gasteiger partial charge in [-0.1, -0.05) is 25.1 Å². The summed E-state index contributed by atoms with van der Waals surface area (Å²) in [4.78, 5) is 8.67. The summed E-state index contributed by atoms with van der Waals surface area (Å²) in [5.74, 6) is 1.31. The molecule has 6 heteroatoms. The second kappa shape index (κ2) is 6.10. The summed E-state index contributed by atoms with van der Waals surface area (Å²) in [6.45, 7) is 2.09. The Morgan fingerprint density at radius 2 is 2.05 bits per heavy atom. The highest BCUT2D eigenvalue weighted by Gasteiger charge is 2.13. The first kappa shape index (κ1) is 13.8. The lowest BCUT2D eigenvalue weighted by atomic mass is 10.2. The maximum Gasteiger partial charge on any atom is 0.168 e. The molecule has 0 bridgehead atoms.